The molecule has 0 radical (unpaired) electrons. The van der Waals surface area contributed by atoms with Crippen LogP contribution in [0, 0.1) is 0 Å². The van der Waals surface area contributed by atoms with Gasteiger partial charge in [-0.2, -0.15) is 0 Å². The second-order valence-electron chi connectivity index (χ2n) is 5.16. The van der Waals surface area contributed by atoms with Crippen molar-refractivity contribution in [2.24, 2.45) is 0 Å². The quantitative estimate of drug-likeness (QED) is 0.641. The Bertz CT molecular complexity index is 616. The van der Waals surface area contributed by atoms with Crippen LogP contribution in [-0.2, 0) is 29.4 Å². The van der Waals surface area contributed by atoms with Crippen LogP contribution in [0.15, 0.2) is 30.3 Å². The summed E-state index contributed by atoms with van der Waals surface area (Å²) in [6.45, 7) is 0. The summed E-state index contributed by atoms with van der Waals surface area (Å²) < 4.78 is 15.4. The number of rotatable bonds is 5. The Morgan fingerprint density at radius 1 is 1.32 bits per heavy atom. The first-order valence-corrected chi connectivity index (χ1v) is 6.89. The van der Waals surface area contributed by atoms with Gasteiger partial charge in [0.1, 0.15) is 0 Å². The normalized spacial score (nSPS) is 29.7. The maximum atomic E-state index is 12.0. The Kier molecular flexibility index (Phi) is 3.58. The molecule has 22 heavy (non-hydrogen) atoms. The van der Waals surface area contributed by atoms with E-state index in [0.717, 1.165) is 5.56 Å². The number of methoxy groups -OCH3 is 1. The van der Waals surface area contributed by atoms with Gasteiger partial charge in [0.05, 0.1) is 13.2 Å². The molecule has 2 aliphatic heterocycles. The van der Waals surface area contributed by atoms with Gasteiger partial charge in [-0.1, -0.05) is 30.3 Å². The molecule has 0 spiro atoms. The lowest BCUT2D eigenvalue weighted by molar-refractivity contribution is -0.140. The van der Waals surface area contributed by atoms with E-state index in [1.54, 1.807) is 12.1 Å². The van der Waals surface area contributed by atoms with Crippen molar-refractivity contribution in [1.29, 1.82) is 0 Å². The molecule has 2 aliphatic rings. The average molecular weight is 305 g/mol. The molecule has 2 fully saturated rings. The van der Waals surface area contributed by atoms with Crippen molar-refractivity contribution in [2.45, 2.75) is 30.7 Å². The Balaban J connectivity index is 1.84. The van der Waals surface area contributed by atoms with Crippen LogP contribution in [0.4, 0.5) is 4.79 Å². The summed E-state index contributed by atoms with van der Waals surface area (Å²) in [5.41, 5.74) is -0.300. The first-order valence-electron chi connectivity index (χ1n) is 6.89. The molecule has 1 aromatic carbocycles. The van der Waals surface area contributed by atoms with Gasteiger partial charge in [0.2, 0.25) is 6.10 Å². The number of imide groups is 1. The highest BCUT2D eigenvalue weighted by Crippen LogP contribution is 2.53. The number of epoxide rings is 1. The number of esters is 1. The SMILES string of the molecule is COC(=O)CCC1OC1(c1ccccc1)C1OC(=O)NC1=O. The number of nitrogens with one attached hydrogen (secondary N) is 1. The van der Waals surface area contributed by atoms with E-state index in [1.165, 1.54) is 7.11 Å². The minimum atomic E-state index is -1.05. The van der Waals surface area contributed by atoms with Crippen LogP contribution in [0.25, 0.3) is 0 Å². The van der Waals surface area contributed by atoms with E-state index in [-0.39, 0.29) is 12.4 Å². The summed E-state index contributed by atoms with van der Waals surface area (Å²) in [4.78, 5) is 34.5. The van der Waals surface area contributed by atoms with Crippen molar-refractivity contribution >= 4 is 18.0 Å². The maximum Gasteiger partial charge on any atom is 0.414 e. The van der Waals surface area contributed by atoms with Gasteiger partial charge in [0.25, 0.3) is 5.91 Å². The predicted octanol–water partition coefficient (Wildman–Crippen LogP) is 0.869. The molecule has 116 valence electrons. The minimum Gasteiger partial charge on any atom is -0.469 e. The molecule has 3 rings (SSSR count). The molecule has 2 saturated heterocycles. The zero-order valence-electron chi connectivity index (χ0n) is 11.9. The molecule has 0 aromatic heterocycles. The number of carbonyl (C=O) groups excluding carboxylic acids is 3. The van der Waals surface area contributed by atoms with Crippen LogP contribution >= 0.6 is 0 Å². The number of benzene rings is 1. The molecule has 1 N–H and O–H groups in total. The van der Waals surface area contributed by atoms with Crippen LogP contribution in [0.2, 0.25) is 0 Å². The highest BCUT2D eigenvalue weighted by Gasteiger charge is 2.68. The summed E-state index contributed by atoms with van der Waals surface area (Å²) in [6, 6.07) is 9.06. The number of ether oxygens (including phenoxy) is 3. The number of alkyl carbamates (subject to hydrolysis) is 1. The third-order valence-corrected chi connectivity index (χ3v) is 3.90. The molecule has 7 nitrogen and oxygen atoms in total. The van der Waals surface area contributed by atoms with Crippen molar-refractivity contribution in [2.75, 3.05) is 7.11 Å². The van der Waals surface area contributed by atoms with Crippen molar-refractivity contribution in [3.8, 4) is 0 Å². The third kappa shape index (κ3) is 2.33. The molecule has 2 heterocycles. The fourth-order valence-electron chi connectivity index (χ4n) is 2.80. The van der Waals surface area contributed by atoms with Gasteiger partial charge in [0, 0.05) is 6.42 Å². The average Bonchev–Trinajstić information content (AvgIpc) is 3.16. The van der Waals surface area contributed by atoms with E-state index < -0.39 is 29.8 Å². The molecular weight excluding hydrogens is 290 g/mol. The number of cyclic esters (lactones) is 1. The lowest BCUT2D eigenvalue weighted by atomic mass is 9.87. The van der Waals surface area contributed by atoms with Gasteiger partial charge >= 0.3 is 12.1 Å². The van der Waals surface area contributed by atoms with Crippen molar-refractivity contribution < 1.29 is 28.6 Å². The lowest BCUT2D eigenvalue weighted by Gasteiger charge is -2.17. The maximum absolute atomic E-state index is 12.0. The first kappa shape index (κ1) is 14.5. The van der Waals surface area contributed by atoms with E-state index in [2.05, 4.69) is 10.1 Å². The Morgan fingerprint density at radius 3 is 2.64 bits per heavy atom. The molecule has 2 amide bonds. The fourth-order valence-corrected chi connectivity index (χ4v) is 2.80. The van der Waals surface area contributed by atoms with E-state index >= 15 is 0 Å². The molecule has 1 aromatic rings. The number of carbonyl (C=O) groups is 3. The number of amides is 2. The summed E-state index contributed by atoms with van der Waals surface area (Å²) >= 11 is 0. The highest BCUT2D eigenvalue weighted by molar-refractivity contribution is 6.01. The summed E-state index contributed by atoms with van der Waals surface area (Å²) in [6.07, 6.45) is -1.69. The summed E-state index contributed by atoms with van der Waals surface area (Å²) in [5, 5.41) is 2.11. The zero-order valence-corrected chi connectivity index (χ0v) is 11.9. The van der Waals surface area contributed by atoms with Crippen LogP contribution in [0.5, 0.6) is 0 Å². The Hall–Kier alpha value is -2.41. The van der Waals surface area contributed by atoms with Gasteiger partial charge in [-0.3, -0.25) is 14.9 Å². The minimum absolute atomic E-state index is 0.165. The summed E-state index contributed by atoms with van der Waals surface area (Å²) in [7, 11) is 1.31. The Labute approximate surface area is 126 Å². The monoisotopic (exact) mass is 305 g/mol. The molecule has 0 bridgehead atoms. The smallest absolute Gasteiger partial charge is 0.414 e. The number of hydrogen-bond acceptors (Lipinski definition) is 6. The second kappa shape index (κ2) is 5.42. The molecule has 0 aliphatic carbocycles. The second-order valence-corrected chi connectivity index (χ2v) is 5.16. The van der Waals surface area contributed by atoms with Crippen molar-refractivity contribution in [3.05, 3.63) is 35.9 Å². The van der Waals surface area contributed by atoms with Crippen LogP contribution in [0.3, 0.4) is 0 Å². The van der Waals surface area contributed by atoms with E-state index in [1.807, 2.05) is 18.2 Å². The standard InChI is InChI=1S/C15H15NO6/c1-20-11(17)8-7-10-15(22-10,9-5-3-2-4-6-9)12-13(18)16-14(19)21-12/h2-6,10,12H,7-8H2,1H3,(H,16,18,19). The van der Waals surface area contributed by atoms with Gasteiger partial charge in [-0.15, -0.1) is 0 Å². The van der Waals surface area contributed by atoms with Gasteiger partial charge in [-0.25, -0.2) is 4.79 Å². The van der Waals surface area contributed by atoms with Crippen LogP contribution in [0.1, 0.15) is 18.4 Å². The van der Waals surface area contributed by atoms with Crippen LogP contribution < -0.4 is 5.32 Å². The Morgan fingerprint density at radius 2 is 2.05 bits per heavy atom. The largest absolute Gasteiger partial charge is 0.469 e. The van der Waals surface area contributed by atoms with E-state index in [0.29, 0.717) is 6.42 Å². The van der Waals surface area contributed by atoms with Crippen molar-refractivity contribution in [1.82, 2.24) is 5.32 Å². The van der Waals surface area contributed by atoms with Gasteiger partial charge in [0.15, 0.2) is 5.60 Å². The highest BCUT2D eigenvalue weighted by atomic mass is 16.7. The summed E-state index contributed by atoms with van der Waals surface area (Å²) in [5.74, 6) is -0.889. The van der Waals surface area contributed by atoms with Gasteiger partial charge in [-0.05, 0) is 12.0 Å². The number of hydrogen-bond donors (Lipinski definition) is 1. The van der Waals surface area contributed by atoms with E-state index in [9.17, 15) is 14.4 Å². The predicted molar refractivity (Wildman–Crippen MR) is 72.7 cm³/mol. The topological polar surface area (TPSA) is 94.2 Å². The van der Waals surface area contributed by atoms with Crippen LogP contribution in [-0.4, -0.2) is 37.3 Å². The lowest BCUT2D eigenvalue weighted by Crippen LogP contribution is -2.37. The van der Waals surface area contributed by atoms with E-state index in [4.69, 9.17) is 9.47 Å². The molecule has 3 unspecified atom stereocenters. The molecule has 0 saturated carbocycles. The molecular formula is C15H15NO6. The third-order valence-electron chi connectivity index (χ3n) is 3.90. The molecule has 7 heteroatoms. The van der Waals surface area contributed by atoms with Gasteiger partial charge < -0.3 is 14.2 Å². The fraction of sp³-hybridized carbons (Fsp3) is 0.400. The first-order chi connectivity index (χ1) is 10.6. The zero-order chi connectivity index (χ0) is 15.7. The molecule has 3 atom stereocenters. The van der Waals surface area contributed by atoms with Crippen molar-refractivity contribution in [3.63, 3.8) is 0 Å².